The summed E-state index contributed by atoms with van der Waals surface area (Å²) in [5.41, 5.74) is 1.86. The number of benzene rings is 1. The molecule has 1 nitrogen and oxygen atoms in total. The van der Waals surface area contributed by atoms with Crippen LogP contribution in [0.3, 0.4) is 0 Å². The first-order valence-electron chi connectivity index (χ1n) is 5.21. The summed E-state index contributed by atoms with van der Waals surface area (Å²) in [6.45, 7) is 4.04. The maximum absolute atomic E-state index is 13.5. The number of rotatable bonds is 2. The predicted molar refractivity (Wildman–Crippen MR) is 55.8 cm³/mol. The van der Waals surface area contributed by atoms with Gasteiger partial charge in [-0.3, -0.25) is 0 Å². The zero-order chi connectivity index (χ0) is 9.97. The molecule has 14 heavy (non-hydrogen) atoms. The van der Waals surface area contributed by atoms with Crippen molar-refractivity contribution in [3.8, 4) is 0 Å². The lowest BCUT2D eigenvalue weighted by atomic mass is 9.97. The van der Waals surface area contributed by atoms with Crippen LogP contribution in [0.1, 0.15) is 17.5 Å². The van der Waals surface area contributed by atoms with E-state index in [1.807, 2.05) is 19.1 Å². The van der Waals surface area contributed by atoms with Crippen LogP contribution in [0.4, 0.5) is 4.39 Å². The molecule has 1 fully saturated rings. The molecule has 0 bridgehead atoms. The van der Waals surface area contributed by atoms with Crippen molar-refractivity contribution in [2.75, 3.05) is 13.1 Å². The molecule has 1 N–H and O–H groups in total. The molecule has 1 atom stereocenters. The largest absolute Gasteiger partial charge is 0.316 e. The lowest BCUT2D eigenvalue weighted by Gasteiger charge is -2.09. The summed E-state index contributed by atoms with van der Waals surface area (Å²) in [4.78, 5) is 0. The van der Waals surface area contributed by atoms with E-state index in [9.17, 15) is 4.39 Å². The molecular formula is C12H16FN. The van der Waals surface area contributed by atoms with Crippen molar-refractivity contribution in [3.05, 3.63) is 35.1 Å². The monoisotopic (exact) mass is 193 g/mol. The van der Waals surface area contributed by atoms with Crippen LogP contribution in [0.15, 0.2) is 18.2 Å². The predicted octanol–water partition coefficient (Wildman–Crippen LogP) is 2.29. The maximum atomic E-state index is 13.5. The van der Waals surface area contributed by atoms with Crippen LogP contribution >= 0.6 is 0 Å². The normalized spacial score (nSPS) is 21.4. The van der Waals surface area contributed by atoms with Crippen molar-refractivity contribution in [2.24, 2.45) is 5.92 Å². The summed E-state index contributed by atoms with van der Waals surface area (Å²) in [7, 11) is 0. The third-order valence-corrected chi connectivity index (χ3v) is 2.88. The number of halogens is 1. The standard InChI is InChI=1S/C12H16FN/c1-9-2-3-11(12(13)6-9)7-10-4-5-14-8-10/h2-3,6,10,14H,4-5,7-8H2,1H3. The lowest BCUT2D eigenvalue weighted by molar-refractivity contribution is 0.543. The van der Waals surface area contributed by atoms with Crippen molar-refractivity contribution < 1.29 is 4.39 Å². The summed E-state index contributed by atoms with van der Waals surface area (Å²) in [5, 5.41) is 3.30. The zero-order valence-corrected chi connectivity index (χ0v) is 8.52. The molecule has 0 aliphatic carbocycles. The van der Waals surface area contributed by atoms with Gasteiger partial charge in [-0.25, -0.2) is 4.39 Å². The molecule has 1 aliphatic rings. The maximum Gasteiger partial charge on any atom is 0.126 e. The fourth-order valence-electron chi connectivity index (χ4n) is 2.02. The molecule has 0 amide bonds. The van der Waals surface area contributed by atoms with Gasteiger partial charge in [0.25, 0.3) is 0 Å². The molecule has 2 heteroatoms. The second kappa shape index (κ2) is 4.09. The van der Waals surface area contributed by atoms with Gasteiger partial charge in [-0.15, -0.1) is 0 Å². The molecule has 0 radical (unpaired) electrons. The first-order valence-corrected chi connectivity index (χ1v) is 5.21. The summed E-state index contributed by atoms with van der Waals surface area (Å²) >= 11 is 0. The van der Waals surface area contributed by atoms with Gasteiger partial charge in [0.1, 0.15) is 5.82 Å². The van der Waals surface area contributed by atoms with E-state index in [1.165, 1.54) is 6.42 Å². The van der Waals surface area contributed by atoms with Crippen LogP contribution < -0.4 is 5.32 Å². The number of aryl methyl sites for hydroxylation is 1. The zero-order valence-electron chi connectivity index (χ0n) is 8.52. The topological polar surface area (TPSA) is 12.0 Å². The number of hydrogen-bond acceptors (Lipinski definition) is 1. The van der Waals surface area contributed by atoms with E-state index in [2.05, 4.69) is 5.32 Å². The molecular weight excluding hydrogens is 177 g/mol. The Labute approximate surface area is 84.3 Å². The van der Waals surface area contributed by atoms with Crippen LogP contribution in [0.25, 0.3) is 0 Å². The Hall–Kier alpha value is -0.890. The first-order chi connectivity index (χ1) is 6.75. The van der Waals surface area contributed by atoms with Crippen molar-refractivity contribution in [1.82, 2.24) is 5.32 Å². The lowest BCUT2D eigenvalue weighted by Crippen LogP contribution is -2.11. The Bertz CT molecular complexity index is 316. The van der Waals surface area contributed by atoms with Gasteiger partial charge >= 0.3 is 0 Å². The molecule has 1 aromatic carbocycles. The van der Waals surface area contributed by atoms with Gasteiger partial charge < -0.3 is 5.32 Å². The van der Waals surface area contributed by atoms with E-state index in [1.54, 1.807) is 6.07 Å². The quantitative estimate of drug-likeness (QED) is 0.760. The van der Waals surface area contributed by atoms with Crippen molar-refractivity contribution in [2.45, 2.75) is 19.8 Å². The highest BCUT2D eigenvalue weighted by Crippen LogP contribution is 2.18. The van der Waals surface area contributed by atoms with Crippen LogP contribution in [0.2, 0.25) is 0 Å². The number of hydrogen-bond donors (Lipinski definition) is 1. The highest BCUT2D eigenvalue weighted by molar-refractivity contribution is 5.23. The Morgan fingerprint density at radius 3 is 3.00 bits per heavy atom. The van der Waals surface area contributed by atoms with Gasteiger partial charge in [0.2, 0.25) is 0 Å². The second-order valence-electron chi connectivity index (χ2n) is 4.16. The smallest absolute Gasteiger partial charge is 0.126 e. The summed E-state index contributed by atoms with van der Waals surface area (Å²) in [5.74, 6) is 0.573. The Balaban J connectivity index is 2.08. The minimum absolute atomic E-state index is 0.0445. The van der Waals surface area contributed by atoms with Gasteiger partial charge in [-0.2, -0.15) is 0 Å². The fraction of sp³-hybridized carbons (Fsp3) is 0.500. The average Bonchev–Trinajstić information content (AvgIpc) is 2.62. The van der Waals surface area contributed by atoms with Crippen molar-refractivity contribution in [3.63, 3.8) is 0 Å². The minimum Gasteiger partial charge on any atom is -0.316 e. The third kappa shape index (κ3) is 2.13. The van der Waals surface area contributed by atoms with E-state index in [4.69, 9.17) is 0 Å². The van der Waals surface area contributed by atoms with E-state index >= 15 is 0 Å². The third-order valence-electron chi connectivity index (χ3n) is 2.88. The van der Waals surface area contributed by atoms with Crippen LogP contribution in [-0.2, 0) is 6.42 Å². The van der Waals surface area contributed by atoms with Crippen molar-refractivity contribution in [1.29, 1.82) is 0 Å². The van der Waals surface area contributed by atoms with Gasteiger partial charge in [0, 0.05) is 0 Å². The number of nitrogens with one attached hydrogen (secondary N) is 1. The van der Waals surface area contributed by atoms with Crippen LogP contribution in [0, 0.1) is 18.7 Å². The molecule has 1 heterocycles. The summed E-state index contributed by atoms with van der Waals surface area (Å²) < 4.78 is 13.5. The summed E-state index contributed by atoms with van der Waals surface area (Å²) in [6, 6.07) is 5.53. The average molecular weight is 193 g/mol. The molecule has 1 aliphatic heterocycles. The highest BCUT2D eigenvalue weighted by Gasteiger charge is 2.16. The summed E-state index contributed by atoms with van der Waals surface area (Å²) in [6.07, 6.45) is 2.05. The van der Waals surface area contributed by atoms with E-state index in [0.717, 1.165) is 30.6 Å². The molecule has 0 aromatic heterocycles. The van der Waals surface area contributed by atoms with Gasteiger partial charge in [-0.1, -0.05) is 12.1 Å². The Kier molecular flexibility index (Phi) is 2.82. The molecule has 1 unspecified atom stereocenters. The molecule has 0 spiro atoms. The molecule has 76 valence electrons. The molecule has 2 rings (SSSR count). The van der Waals surface area contributed by atoms with Gasteiger partial charge in [-0.05, 0) is 56.0 Å². The van der Waals surface area contributed by atoms with Gasteiger partial charge in [0.05, 0.1) is 0 Å². The Morgan fingerprint density at radius 1 is 1.50 bits per heavy atom. The van der Waals surface area contributed by atoms with Crippen LogP contribution in [0.5, 0.6) is 0 Å². The van der Waals surface area contributed by atoms with Crippen molar-refractivity contribution >= 4 is 0 Å². The SMILES string of the molecule is Cc1ccc(CC2CCNC2)c(F)c1. The van der Waals surface area contributed by atoms with E-state index in [0.29, 0.717) is 5.92 Å². The van der Waals surface area contributed by atoms with Gasteiger partial charge in [0.15, 0.2) is 0 Å². The Morgan fingerprint density at radius 2 is 2.36 bits per heavy atom. The minimum atomic E-state index is -0.0445. The van der Waals surface area contributed by atoms with Crippen LogP contribution in [-0.4, -0.2) is 13.1 Å². The molecule has 0 saturated carbocycles. The fourth-order valence-corrected chi connectivity index (χ4v) is 2.02. The highest BCUT2D eigenvalue weighted by atomic mass is 19.1. The second-order valence-corrected chi connectivity index (χ2v) is 4.16. The molecule has 1 aromatic rings. The molecule has 1 saturated heterocycles. The van der Waals surface area contributed by atoms with E-state index < -0.39 is 0 Å². The van der Waals surface area contributed by atoms with E-state index in [-0.39, 0.29) is 5.82 Å². The first kappa shape index (κ1) is 9.66.